The molecule has 1 saturated heterocycles. The molecule has 19 heavy (non-hydrogen) atoms. The summed E-state index contributed by atoms with van der Waals surface area (Å²) in [4.78, 5) is 23.5. The molecule has 104 valence electrons. The van der Waals surface area contributed by atoms with Gasteiger partial charge in [-0.25, -0.2) is 0 Å². The molecule has 0 saturated carbocycles. The minimum Gasteiger partial charge on any atom is -0.378 e. The quantitative estimate of drug-likeness (QED) is 0.815. The number of nitrogens with zero attached hydrogens (tertiary/aromatic N) is 1. The Kier molecular flexibility index (Phi) is 4.70. The summed E-state index contributed by atoms with van der Waals surface area (Å²) in [6.45, 7) is 4.33. The second-order valence-corrected chi connectivity index (χ2v) is 4.52. The van der Waals surface area contributed by atoms with Gasteiger partial charge in [-0.2, -0.15) is 0 Å². The second-order valence-electron chi connectivity index (χ2n) is 4.52. The highest BCUT2D eigenvalue weighted by molar-refractivity contribution is 5.94. The molecule has 0 aromatic carbocycles. The fourth-order valence-corrected chi connectivity index (χ4v) is 1.98. The molecule has 1 amide bonds. The van der Waals surface area contributed by atoms with Crippen LogP contribution in [0.15, 0.2) is 23.1 Å². The van der Waals surface area contributed by atoms with Gasteiger partial charge in [0.2, 0.25) is 5.91 Å². The summed E-state index contributed by atoms with van der Waals surface area (Å²) in [6, 6.07) is 2.76. The standard InChI is InChI=1S/C13H19N3O3/c1-2-6-16-8-10(3-4-12(16)17)15-13(18)11-9-19-7-5-14-11/h3-4,8,11,14H,2,5-7,9H2,1H3,(H,15,18). The minimum absolute atomic E-state index is 0.0565. The Balaban J connectivity index is 2.03. The molecule has 0 radical (unpaired) electrons. The smallest absolute Gasteiger partial charge is 0.250 e. The minimum atomic E-state index is -0.333. The van der Waals surface area contributed by atoms with Gasteiger partial charge in [0, 0.05) is 25.4 Å². The summed E-state index contributed by atoms with van der Waals surface area (Å²) >= 11 is 0. The summed E-state index contributed by atoms with van der Waals surface area (Å²) in [5.74, 6) is -0.138. The van der Waals surface area contributed by atoms with E-state index < -0.39 is 0 Å². The van der Waals surface area contributed by atoms with Gasteiger partial charge in [-0.3, -0.25) is 9.59 Å². The van der Waals surface area contributed by atoms with Crippen molar-refractivity contribution in [3.05, 3.63) is 28.7 Å². The van der Waals surface area contributed by atoms with Crippen LogP contribution in [0.1, 0.15) is 13.3 Å². The number of ether oxygens (including phenoxy) is 1. The maximum Gasteiger partial charge on any atom is 0.250 e. The number of morpholine rings is 1. The molecule has 1 fully saturated rings. The van der Waals surface area contributed by atoms with Crippen LogP contribution in [0.25, 0.3) is 0 Å². The molecule has 6 nitrogen and oxygen atoms in total. The van der Waals surface area contributed by atoms with E-state index in [1.54, 1.807) is 16.8 Å². The molecule has 1 aromatic rings. The number of aromatic nitrogens is 1. The third kappa shape index (κ3) is 3.65. The van der Waals surface area contributed by atoms with Crippen LogP contribution in [0.2, 0.25) is 0 Å². The highest BCUT2D eigenvalue weighted by Gasteiger charge is 2.21. The number of carbonyl (C=O) groups excluding carboxylic acids is 1. The van der Waals surface area contributed by atoms with Crippen molar-refractivity contribution in [1.29, 1.82) is 0 Å². The number of nitrogens with one attached hydrogen (secondary N) is 2. The topological polar surface area (TPSA) is 72.4 Å². The summed E-state index contributed by atoms with van der Waals surface area (Å²) in [7, 11) is 0. The maximum atomic E-state index is 12.0. The van der Waals surface area contributed by atoms with Crippen LogP contribution >= 0.6 is 0 Å². The van der Waals surface area contributed by atoms with Crippen molar-refractivity contribution in [2.75, 3.05) is 25.1 Å². The average molecular weight is 265 g/mol. The highest BCUT2D eigenvalue weighted by atomic mass is 16.5. The molecule has 1 aliphatic heterocycles. The van der Waals surface area contributed by atoms with Crippen molar-refractivity contribution in [1.82, 2.24) is 9.88 Å². The van der Waals surface area contributed by atoms with Gasteiger partial charge in [-0.1, -0.05) is 6.92 Å². The number of hydrogen-bond acceptors (Lipinski definition) is 4. The molecule has 2 rings (SSSR count). The Bertz CT molecular complexity index is 492. The Morgan fingerprint density at radius 2 is 2.42 bits per heavy atom. The van der Waals surface area contributed by atoms with Crippen LogP contribution in [-0.4, -0.2) is 36.3 Å². The molecule has 1 unspecified atom stereocenters. The highest BCUT2D eigenvalue weighted by Crippen LogP contribution is 2.05. The summed E-state index contributed by atoms with van der Waals surface area (Å²) in [6.07, 6.45) is 2.54. The first-order chi connectivity index (χ1) is 9.20. The van der Waals surface area contributed by atoms with Crippen molar-refractivity contribution in [2.45, 2.75) is 25.9 Å². The van der Waals surface area contributed by atoms with Gasteiger partial charge in [0.1, 0.15) is 6.04 Å². The molecule has 0 spiro atoms. The number of aryl methyl sites for hydroxylation is 1. The lowest BCUT2D eigenvalue weighted by Crippen LogP contribution is -2.48. The second kappa shape index (κ2) is 6.49. The van der Waals surface area contributed by atoms with Crippen molar-refractivity contribution in [3.63, 3.8) is 0 Å². The molecule has 2 heterocycles. The van der Waals surface area contributed by atoms with E-state index in [1.807, 2.05) is 6.92 Å². The summed E-state index contributed by atoms with van der Waals surface area (Å²) < 4.78 is 6.84. The first kappa shape index (κ1) is 13.8. The van der Waals surface area contributed by atoms with E-state index in [4.69, 9.17) is 4.74 Å². The molecule has 0 aliphatic carbocycles. The average Bonchev–Trinajstić information content (AvgIpc) is 2.44. The number of pyridine rings is 1. The van der Waals surface area contributed by atoms with Gasteiger partial charge < -0.3 is 19.9 Å². The Hall–Kier alpha value is -1.66. The largest absolute Gasteiger partial charge is 0.378 e. The normalized spacial score (nSPS) is 19.1. The lowest BCUT2D eigenvalue weighted by Gasteiger charge is -2.23. The number of anilines is 1. The van der Waals surface area contributed by atoms with E-state index in [-0.39, 0.29) is 17.5 Å². The molecule has 2 N–H and O–H groups in total. The van der Waals surface area contributed by atoms with Gasteiger partial charge in [0.15, 0.2) is 0 Å². The molecule has 1 aromatic heterocycles. The lowest BCUT2D eigenvalue weighted by atomic mass is 10.2. The van der Waals surface area contributed by atoms with Gasteiger partial charge in [0.05, 0.1) is 18.9 Å². The predicted molar refractivity (Wildman–Crippen MR) is 72.2 cm³/mol. The van der Waals surface area contributed by atoms with Crippen LogP contribution in [-0.2, 0) is 16.1 Å². The van der Waals surface area contributed by atoms with Gasteiger partial charge in [-0.15, -0.1) is 0 Å². The molecule has 0 bridgehead atoms. The van der Waals surface area contributed by atoms with Crippen LogP contribution in [0, 0.1) is 0 Å². The van der Waals surface area contributed by atoms with Crippen molar-refractivity contribution in [2.24, 2.45) is 0 Å². The third-order valence-corrected chi connectivity index (χ3v) is 2.95. The van der Waals surface area contributed by atoms with E-state index in [0.29, 0.717) is 32.0 Å². The molecular weight excluding hydrogens is 246 g/mol. The Morgan fingerprint density at radius 1 is 1.58 bits per heavy atom. The first-order valence-corrected chi connectivity index (χ1v) is 6.53. The monoisotopic (exact) mass is 265 g/mol. The van der Waals surface area contributed by atoms with E-state index in [0.717, 1.165) is 6.42 Å². The summed E-state index contributed by atoms with van der Waals surface area (Å²) in [5.41, 5.74) is 0.574. The van der Waals surface area contributed by atoms with Gasteiger partial charge in [-0.05, 0) is 12.5 Å². The zero-order valence-corrected chi connectivity index (χ0v) is 11.0. The number of rotatable bonds is 4. The van der Waals surface area contributed by atoms with Crippen molar-refractivity contribution in [3.8, 4) is 0 Å². The van der Waals surface area contributed by atoms with Crippen LogP contribution in [0.4, 0.5) is 5.69 Å². The zero-order valence-electron chi connectivity index (χ0n) is 11.0. The maximum absolute atomic E-state index is 12.0. The Labute approximate surface area is 111 Å². The fraction of sp³-hybridized carbons (Fsp3) is 0.538. The van der Waals surface area contributed by atoms with Crippen LogP contribution in [0.5, 0.6) is 0 Å². The first-order valence-electron chi connectivity index (χ1n) is 6.53. The van der Waals surface area contributed by atoms with Crippen LogP contribution in [0.3, 0.4) is 0 Å². The van der Waals surface area contributed by atoms with Crippen molar-refractivity contribution >= 4 is 11.6 Å². The predicted octanol–water partition coefficient (Wildman–Crippen LogP) is 0.185. The number of hydrogen-bond donors (Lipinski definition) is 2. The summed E-state index contributed by atoms with van der Waals surface area (Å²) in [5, 5.41) is 5.88. The molecule has 6 heteroatoms. The number of carbonyl (C=O) groups is 1. The van der Waals surface area contributed by atoms with Crippen LogP contribution < -0.4 is 16.2 Å². The number of amides is 1. The molecular formula is C13H19N3O3. The Morgan fingerprint density at radius 3 is 3.11 bits per heavy atom. The van der Waals surface area contributed by atoms with E-state index in [2.05, 4.69) is 10.6 Å². The van der Waals surface area contributed by atoms with E-state index in [1.165, 1.54) is 6.07 Å². The van der Waals surface area contributed by atoms with E-state index in [9.17, 15) is 9.59 Å². The molecule has 1 atom stereocenters. The lowest BCUT2D eigenvalue weighted by molar-refractivity contribution is -0.120. The SMILES string of the molecule is CCCn1cc(NC(=O)C2COCCN2)ccc1=O. The van der Waals surface area contributed by atoms with Crippen molar-refractivity contribution < 1.29 is 9.53 Å². The van der Waals surface area contributed by atoms with Gasteiger partial charge in [0.25, 0.3) is 5.56 Å². The van der Waals surface area contributed by atoms with Gasteiger partial charge >= 0.3 is 0 Å². The molecule has 1 aliphatic rings. The third-order valence-electron chi connectivity index (χ3n) is 2.95. The van der Waals surface area contributed by atoms with E-state index >= 15 is 0 Å². The fourth-order valence-electron chi connectivity index (χ4n) is 1.98. The zero-order chi connectivity index (χ0) is 13.7.